The summed E-state index contributed by atoms with van der Waals surface area (Å²) in [6, 6.07) is 2.76. The number of aromatic nitrogens is 1. The first kappa shape index (κ1) is 15.3. The molecule has 2 unspecified atom stereocenters. The van der Waals surface area contributed by atoms with Gasteiger partial charge in [-0.3, -0.25) is 9.69 Å². The quantitative estimate of drug-likeness (QED) is 0.931. The van der Waals surface area contributed by atoms with E-state index in [1.165, 1.54) is 19.3 Å². The Morgan fingerprint density at radius 3 is 2.65 bits per heavy atom. The van der Waals surface area contributed by atoms with E-state index in [0.717, 1.165) is 31.6 Å². The molecule has 1 aromatic rings. The molecule has 2 bridgehead atoms. The molecule has 1 N–H and O–H groups in total. The molecule has 1 aromatic heterocycles. The molecule has 0 radical (unpaired) electrons. The fourth-order valence-corrected chi connectivity index (χ4v) is 5.37. The van der Waals surface area contributed by atoms with Gasteiger partial charge in [0.2, 0.25) is 5.43 Å². The molecule has 4 nitrogen and oxygen atoms in total. The van der Waals surface area contributed by atoms with Crippen molar-refractivity contribution in [1.29, 1.82) is 0 Å². The summed E-state index contributed by atoms with van der Waals surface area (Å²) >= 11 is 0. The van der Waals surface area contributed by atoms with Crippen molar-refractivity contribution in [3.8, 4) is 5.75 Å². The summed E-state index contributed by atoms with van der Waals surface area (Å²) in [4.78, 5) is 14.5. The first-order valence-corrected chi connectivity index (χ1v) is 8.93. The van der Waals surface area contributed by atoms with Crippen molar-refractivity contribution < 1.29 is 5.11 Å². The third-order valence-corrected chi connectivity index (χ3v) is 5.97. The molecule has 0 spiro atoms. The zero-order chi connectivity index (χ0) is 16.4. The van der Waals surface area contributed by atoms with Gasteiger partial charge in [0.25, 0.3) is 0 Å². The van der Waals surface area contributed by atoms with Gasteiger partial charge < -0.3 is 9.67 Å². The van der Waals surface area contributed by atoms with E-state index in [-0.39, 0.29) is 11.2 Å². The molecule has 2 heterocycles. The van der Waals surface area contributed by atoms with Gasteiger partial charge in [-0.1, -0.05) is 20.8 Å². The molecular formula is C19H28N2O2. The normalized spacial score (nSPS) is 33.1. The number of hydrogen-bond donors (Lipinski definition) is 1. The summed E-state index contributed by atoms with van der Waals surface area (Å²) < 4.78 is 2.15. The van der Waals surface area contributed by atoms with Crippen molar-refractivity contribution >= 4 is 0 Å². The minimum absolute atomic E-state index is 0.117. The molecule has 2 aliphatic carbocycles. The molecule has 0 amide bonds. The Morgan fingerprint density at radius 1 is 1.22 bits per heavy atom. The van der Waals surface area contributed by atoms with Crippen molar-refractivity contribution in [1.82, 2.24) is 9.47 Å². The lowest BCUT2D eigenvalue weighted by Gasteiger charge is -2.40. The fourth-order valence-electron chi connectivity index (χ4n) is 5.37. The molecule has 3 aliphatic rings. The van der Waals surface area contributed by atoms with Crippen molar-refractivity contribution in [2.24, 2.45) is 10.8 Å². The Labute approximate surface area is 138 Å². The summed E-state index contributed by atoms with van der Waals surface area (Å²) in [5.41, 5.74) is 1.65. The van der Waals surface area contributed by atoms with E-state index in [1.807, 2.05) is 0 Å². The topological polar surface area (TPSA) is 45.5 Å². The van der Waals surface area contributed by atoms with Crippen LogP contribution in [0.4, 0.5) is 0 Å². The molecule has 126 valence electrons. The number of likely N-dealkylation sites (tertiary alicyclic amines) is 1. The van der Waals surface area contributed by atoms with E-state index in [9.17, 15) is 9.90 Å². The van der Waals surface area contributed by atoms with E-state index >= 15 is 0 Å². The standard InChI is InChI=1S/C19H28N2O2/c1-18(2)7-15-8-19(3,11-18)12-20(15)9-14-6-16(22)17(23)10-21(14)13-4-5-13/h6,10,13,15,23H,4-5,7-9,11-12H2,1-3H3. The maximum absolute atomic E-state index is 11.9. The third-order valence-electron chi connectivity index (χ3n) is 5.97. The largest absolute Gasteiger partial charge is 0.503 e. The van der Waals surface area contributed by atoms with E-state index in [4.69, 9.17) is 0 Å². The number of aromatic hydroxyl groups is 1. The molecule has 3 fully saturated rings. The number of rotatable bonds is 3. The van der Waals surface area contributed by atoms with Crippen LogP contribution in [0.25, 0.3) is 0 Å². The highest BCUT2D eigenvalue weighted by atomic mass is 16.3. The number of nitrogens with zero attached hydrogens (tertiary/aromatic N) is 2. The lowest BCUT2D eigenvalue weighted by Crippen LogP contribution is -2.35. The van der Waals surface area contributed by atoms with Crippen LogP contribution in [0, 0.1) is 10.8 Å². The van der Waals surface area contributed by atoms with Gasteiger partial charge in [0.1, 0.15) is 0 Å². The maximum Gasteiger partial charge on any atom is 0.223 e. The SMILES string of the molecule is CC1(C)CC2CC(C)(CN2Cc2cc(=O)c(O)cn2C2CC2)C1. The summed E-state index contributed by atoms with van der Waals surface area (Å²) in [6.45, 7) is 9.16. The van der Waals surface area contributed by atoms with Gasteiger partial charge in [0.05, 0.1) is 6.20 Å². The van der Waals surface area contributed by atoms with Gasteiger partial charge in [0.15, 0.2) is 5.75 Å². The van der Waals surface area contributed by atoms with E-state index in [2.05, 4.69) is 30.2 Å². The summed E-state index contributed by atoms with van der Waals surface area (Å²) in [5, 5.41) is 9.77. The van der Waals surface area contributed by atoms with Gasteiger partial charge in [-0.2, -0.15) is 0 Å². The van der Waals surface area contributed by atoms with E-state index in [0.29, 0.717) is 22.9 Å². The third kappa shape index (κ3) is 2.82. The second kappa shape index (κ2) is 4.85. The number of fused-ring (bicyclic) bond motifs is 2. The van der Waals surface area contributed by atoms with Crippen molar-refractivity contribution in [2.45, 2.75) is 71.5 Å². The van der Waals surface area contributed by atoms with Crippen LogP contribution >= 0.6 is 0 Å². The predicted molar refractivity (Wildman–Crippen MR) is 90.6 cm³/mol. The van der Waals surface area contributed by atoms with Crippen molar-refractivity contribution in [3.63, 3.8) is 0 Å². The second-order valence-electron chi connectivity index (χ2n) is 9.27. The molecule has 1 saturated heterocycles. The molecule has 4 rings (SSSR count). The van der Waals surface area contributed by atoms with E-state index in [1.54, 1.807) is 12.3 Å². The zero-order valence-corrected chi connectivity index (χ0v) is 14.5. The molecule has 23 heavy (non-hydrogen) atoms. The Balaban J connectivity index is 1.62. The molecular weight excluding hydrogens is 288 g/mol. The van der Waals surface area contributed by atoms with Gasteiger partial charge in [-0.25, -0.2) is 0 Å². The highest BCUT2D eigenvalue weighted by Crippen LogP contribution is 2.52. The molecule has 0 aromatic carbocycles. The maximum atomic E-state index is 11.9. The summed E-state index contributed by atoms with van der Waals surface area (Å²) in [7, 11) is 0. The van der Waals surface area contributed by atoms with Crippen LogP contribution < -0.4 is 5.43 Å². The fraction of sp³-hybridized carbons (Fsp3) is 0.737. The Morgan fingerprint density at radius 2 is 1.96 bits per heavy atom. The average molecular weight is 316 g/mol. The van der Waals surface area contributed by atoms with Crippen molar-refractivity contribution in [3.05, 3.63) is 28.2 Å². The minimum atomic E-state index is -0.245. The Bertz CT molecular complexity index is 689. The lowest BCUT2D eigenvalue weighted by molar-refractivity contribution is 0.126. The molecule has 1 aliphatic heterocycles. The molecule has 2 saturated carbocycles. The first-order valence-electron chi connectivity index (χ1n) is 8.93. The number of hydrogen-bond acceptors (Lipinski definition) is 3. The average Bonchev–Trinajstić information content (AvgIpc) is 3.20. The summed E-state index contributed by atoms with van der Waals surface area (Å²) in [6.07, 6.45) is 7.78. The first-order chi connectivity index (χ1) is 10.7. The van der Waals surface area contributed by atoms with Crippen LogP contribution in [0.5, 0.6) is 5.75 Å². The Kier molecular flexibility index (Phi) is 3.22. The summed E-state index contributed by atoms with van der Waals surface area (Å²) in [5.74, 6) is -0.117. The van der Waals surface area contributed by atoms with Crippen LogP contribution in [0.1, 0.15) is 64.6 Å². The van der Waals surface area contributed by atoms with Crippen LogP contribution in [0.3, 0.4) is 0 Å². The van der Waals surface area contributed by atoms with Crippen molar-refractivity contribution in [2.75, 3.05) is 6.54 Å². The van der Waals surface area contributed by atoms with Gasteiger partial charge in [0, 0.05) is 36.9 Å². The number of pyridine rings is 1. The van der Waals surface area contributed by atoms with Gasteiger partial charge in [-0.05, 0) is 42.9 Å². The van der Waals surface area contributed by atoms with Gasteiger partial charge in [-0.15, -0.1) is 0 Å². The Hall–Kier alpha value is -1.29. The van der Waals surface area contributed by atoms with Crippen LogP contribution in [-0.2, 0) is 6.54 Å². The van der Waals surface area contributed by atoms with Crippen LogP contribution in [-0.4, -0.2) is 27.2 Å². The van der Waals surface area contributed by atoms with Gasteiger partial charge >= 0.3 is 0 Å². The lowest BCUT2D eigenvalue weighted by atomic mass is 9.65. The highest BCUT2D eigenvalue weighted by molar-refractivity contribution is 5.22. The second-order valence-corrected chi connectivity index (χ2v) is 9.27. The zero-order valence-electron chi connectivity index (χ0n) is 14.5. The minimum Gasteiger partial charge on any atom is -0.503 e. The molecule has 2 atom stereocenters. The smallest absolute Gasteiger partial charge is 0.223 e. The highest BCUT2D eigenvalue weighted by Gasteiger charge is 2.49. The van der Waals surface area contributed by atoms with Crippen LogP contribution in [0.15, 0.2) is 17.1 Å². The van der Waals surface area contributed by atoms with Crippen LogP contribution in [0.2, 0.25) is 0 Å². The molecule has 4 heteroatoms. The predicted octanol–water partition coefficient (Wildman–Crippen LogP) is 3.29. The monoisotopic (exact) mass is 316 g/mol. The van der Waals surface area contributed by atoms with E-state index < -0.39 is 0 Å².